The number of hydrogen-bond acceptors (Lipinski definition) is 7. The van der Waals surface area contributed by atoms with Crippen LogP contribution in [0.25, 0.3) is 10.9 Å². The van der Waals surface area contributed by atoms with Crippen molar-refractivity contribution in [2.75, 3.05) is 22.9 Å². The molecule has 0 radical (unpaired) electrons. The van der Waals surface area contributed by atoms with Crippen molar-refractivity contribution >= 4 is 50.1 Å². The van der Waals surface area contributed by atoms with Crippen molar-refractivity contribution in [2.45, 2.75) is 17.0 Å². The third kappa shape index (κ3) is 4.97. The fraction of sp³-hybridized carbons (Fsp3) is 0.167. The van der Waals surface area contributed by atoms with Crippen molar-refractivity contribution in [3.63, 3.8) is 0 Å². The Morgan fingerprint density at radius 2 is 1.82 bits per heavy atom. The van der Waals surface area contributed by atoms with Gasteiger partial charge in [0.15, 0.2) is 5.16 Å². The number of rotatable bonds is 7. The topological polar surface area (TPSA) is 127 Å². The lowest BCUT2D eigenvalue weighted by Gasteiger charge is -2.09. The molecule has 28 heavy (non-hydrogen) atoms. The molecule has 0 aliphatic heterocycles. The highest BCUT2D eigenvalue weighted by Gasteiger charge is 2.11. The minimum Gasteiger partial charge on any atom is -0.370 e. The lowest BCUT2D eigenvalue weighted by molar-refractivity contribution is -0.113. The molecule has 2 aromatic carbocycles. The van der Waals surface area contributed by atoms with E-state index in [2.05, 4.69) is 20.6 Å². The molecule has 10 heteroatoms. The molecule has 0 saturated carbocycles. The highest BCUT2D eigenvalue weighted by molar-refractivity contribution is 7.99. The number of primary sulfonamides is 1. The number of anilines is 2. The van der Waals surface area contributed by atoms with Crippen LogP contribution in [0.4, 0.5) is 11.5 Å². The van der Waals surface area contributed by atoms with Crippen LogP contribution in [-0.4, -0.2) is 36.6 Å². The lowest BCUT2D eigenvalue weighted by Crippen LogP contribution is -2.15. The van der Waals surface area contributed by atoms with E-state index < -0.39 is 10.0 Å². The van der Waals surface area contributed by atoms with Crippen LogP contribution >= 0.6 is 11.8 Å². The molecule has 0 saturated heterocycles. The monoisotopic (exact) mass is 417 g/mol. The fourth-order valence-corrected chi connectivity index (χ4v) is 3.64. The number of aromatic nitrogens is 2. The van der Waals surface area contributed by atoms with Crippen molar-refractivity contribution in [1.82, 2.24) is 9.97 Å². The van der Waals surface area contributed by atoms with E-state index in [-0.39, 0.29) is 16.6 Å². The summed E-state index contributed by atoms with van der Waals surface area (Å²) in [6, 6.07) is 13.3. The number of carbonyl (C=O) groups excluding carboxylic acids is 1. The molecule has 3 aromatic rings. The Morgan fingerprint density at radius 1 is 1.11 bits per heavy atom. The standard InChI is InChI=1S/C18H19N5O3S2/c1-2-20-17-14-5-3-4-6-15(14)22-18(23-17)27-11-16(24)21-12-7-9-13(10-8-12)28(19,25)26/h3-10H,2,11H2,1H3,(H,21,24)(H2,19,25,26)(H,20,22,23). The normalized spacial score (nSPS) is 11.4. The first kappa shape index (κ1) is 20.1. The summed E-state index contributed by atoms with van der Waals surface area (Å²) in [7, 11) is -3.76. The van der Waals surface area contributed by atoms with Crippen LogP contribution in [0.3, 0.4) is 0 Å². The van der Waals surface area contributed by atoms with Gasteiger partial charge in [-0.15, -0.1) is 0 Å². The number of thioether (sulfide) groups is 1. The quantitative estimate of drug-likeness (QED) is 0.398. The van der Waals surface area contributed by atoms with Crippen molar-refractivity contribution in [1.29, 1.82) is 0 Å². The molecule has 0 unspecified atom stereocenters. The summed E-state index contributed by atoms with van der Waals surface area (Å²) in [5, 5.41) is 12.4. The summed E-state index contributed by atoms with van der Waals surface area (Å²) in [5.41, 5.74) is 1.28. The molecule has 0 fully saturated rings. The molecule has 3 rings (SSSR count). The zero-order valence-electron chi connectivity index (χ0n) is 15.0. The van der Waals surface area contributed by atoms with Crippen LogP contribution in [0, 0.1) is 0 Å². The first-order valence-electron chi connectivity index (χ1n) is 8.43. The molecule has 1 amide bonds. The zero-order valence-corrected chi connectivity index (χ0v) is 16.7. The van der Waals surface area contributed by atoms with E-state index in [0.29, 0.717) is 10.8 Å². The Balaban J connectivity index is 1.67. The number of fused-ring (bicyclic) bond motifs is 1. The van der Waals surface area contributed by atoms with Gasteiger partial charge in [0.1, 0.15) is 5.82 Å². The van der Waals surface area contributed by atoms with E-state index in [0.717, 1.165) is 23.3 Å². The average Bonchev–Trinajstić information content (AvgIpc) is 2.66. The maximum atomic E-state index is 12.2. The first-order valence-corrected chi connectivity index (χ1v) is 11.0. The number of nitrogens with two attached hydrogens (primary N) is 1. The number of benzene rings is 2. The van der Waals surface area contributed by atoms with E-state index in [1.165, 1.54) is 36.0 Å². The number of amides is 1. The largest absolute Gasteiger partial charge is 0.370 e. The average molecular weight is 418 g/mol. The van der Waals surface area contributed by atoms with Gasteiger partial charge in [0.05, 0.1) is 16.2 Å². The number of nitrogens with one attached hydrogen (secondary N) is 2. The SMILES string of the molecule is CCNc1nc(SCC(=O)Nc2ccc(S(N)(=O)=O)cc2)nc2ccccc12. The maximum absolute atomic E-state index is 12.2. The number of sulfonamides is 1. The van der Waals surface area contributed by atoms with Gasteiger partial charge >= 0.3 is 0 Å². The third-order valence-electron chi connectivity index (χ3n) is 3.73. The van der Waals surface area contributed by atoms with Crippen LogP contribution in [0.2, 0.25) is 0 Å². The Kier molecular flexibility index (Phi) is 6.12. The number of para-hydroxylation sites is 1. The first-order chi connectivity index (χ1) is 13.4. The summed E-state index contributed by atoms with van der Waals surface area (Å²) in [6.45, 7) is 2.71. The van der Waals surface area contributed by atoms with Gasteiger partial charge in [-0.2, -0.15) is 0 Å². The third-order valence-corrected chi connectivity index (χ3v) is 5.50. The number of hydrogen-bond donors (Lipinski definition) is 3. The number of nitrogens with zero attached hydrogens (tertiary/aromatic N) is 2. The molecule has 1 heterocycles. The number of carbonyl (C=O) groups is 1. The Labute approximate surface area is 167 Å². The second-order valence-corrected chi connectivity index (χ2v) is 8.31. The Bertz CT molecular complexity index is 1100. The predicted molar refractivity (Wildman–Crippen MR) is 111 cm³/mol. The molecule has 4 N–H and O–H groups in total. The highest BCUT2D eigenvalue weighted by Crippen LogP contribution is 2.24. The van der Waals surface area contributed by atoms with E-state index >= 15 is 0 Å². The summed E-state index contributed by atoms with van der Waals surface area (Å²) >= 11 is 1.22. The van der Waals surface area contributed by atoms with E-state index in [9.17, 15) is 13.2 Å². The summed E-state index contributed by atoms with van der Waals surface area (Å²) in [6.07, 6.45) is 0. The molecule has 146 valence electrons. The molecule has 0 aliphatic rings. The molecule has 1 aromatic heterocycles. The summed E-state index contributed by atoms with van der Waals surface area (Å²) in [4.78, 5) is 21.2. The minimum absolute atomic E-state index is 0.0135. The van der Waals surface area contributed by atoms with Crippen LogP contribution in [-0.2, 0) is 14.8 Å². The fourth-order valence-electron chi connectivity index (χ4n) is 2.48. The van der Waals surface area contributed by atoms with E-state index in [1.807, 2.05) is 31.2 Å². The van der Waals surface area contributed by atoms with Crippen LogP contribution in [0.5, 0.6) is 0 Å². The minimum atomic E-state index is -3.76. The van der Waals surface area contributed by atoms with Gasteiger partial charge in [-0.25, -0.2) is 23.5 Å². The van der Waals surface area contributed by atoms with Crippen molar-refractivity contribution in [3.8, 4) is 0 Å². The molecule has 0 atom stereocenters. The van der Waals surface area contributed by atoms with Gasteiger partial charge < -0.3 is 10.6 Å². The molecule has 8 nitrogen and oxygen atoms in total. The lowest BCUT2D eigenvalue weighted by atomic mass is 10.2. The van der Waals surface area contributed by atoms with Crippen LogP contribution in [0.1, 0.15) is 6.92 Å². The maximum Gasteiger partial charge on any atom is 0.238 e. The Hall–Kier alpha value is -2.69. The van der Waals surface area contributed by atoms with Gasteiger partial charge in [-0.3, -0.25) is 4.79 Å². The van der Waals surface area contributed by atoms with Crippen molar-refractivity contribution in [3.05, 3.63) is 48.5 Å². The Morgan fingerprint density at radius 3 is 2.50 bits per heavy atom. The predicted octanol–water partition coefficient (Wildman–Crippen LogP) is 2.44. The van der Waals surface area contributed by atoms with Crippen molar-refractivity contribution in [2.24, 2.45) is 5.14 Å². The second-order valence-electron chi connectivity index (χ2n) is 5.81. The summed E-state index contributed by atoms with van der Waals surface area (Å²) in [5.74, 6) is 0.589. The second kappa shape index (κ2) is 8.55. The van der Waals surface area contributed by atoms with Gasteiger partial charge in [0, 0.05) is 17.6 Å². The van der Waals surface area contributed by atoms with Gasteiger partial charge in [-0.1, -0.05) is 23.9 Å². The molecule has 0 spiro atoms. The molecule has 0 bridgehead atoms. The zero-order chi connectivity index (χ0) is 20.1. The summed E-state index contributed by atoms with van der Waals surface area (Å²) < 4.78 is 22.5. The smallest absolute Gasteiger partial charge is 0.238 e. The van der Waals surface area contributed by atoms with Crippen molar-refractivity contribution < 1.29 is 13.2 Å². The molecular formula is C18H19N5O3S2. The van der Waals surface area contributed by atoms with Gasteiger partial charge in [0.2, 0.25) is 15.9 Å². The van der Waals surface area contributed by atoms with Crippen LogP contribution in [0.15, 0.2) is 58.6 Å². The molecular weight excluding hydrogens is 398 g/mol. The van der Waals surface area contributed by atoms with Crippen LogP contribution < -0.4 is 15.8 Å². The van der Waals surface area contributed by atoms with Gasteiger partial charge in [0.25, 0.3) is 0 Å². The van der Waals surface area contributed by atoms with E-state index in [4.69, 9.17) is 5.14 Å². The highest BCUT2D eigenvalue weighted by atomic mass is 32.2. The van der Waals surface area contributed by atoms with E-state index in [1.54, 1.807) is 0 Å². The van der Waals surface area contributed by atoms with Gasteiger partial charge in [-0.05, 0) is 43.3 Å². The molecule has 0 aliphatic carbocycles.